The number of carbonyl (C=O) groups is 1. The largest absolute Gasteiger partial charge is 0.379 e. The van der Waals surface area contributed by atoms with Crippen molar-refractivity contribution in [2.75, 3.05) is 53.5 Å². The van der Waals surface area contributed by atoms with E-state index in [1.54, 1.807) is 4.90 Å². The van der Waals surface area contributed by atoms with Gasteiger partial charge in [0.15, 0.2) is 5.96 Å². The first-order valence-electron chi connectivity index (χ1n) is 11.6. The van der Waals surface area contributed by atoms with E-state index in [1.165, 1.54) is 11.1 Å². The molecule has 0 radical (unpaired) electrons. The third kappa shape index (κ3) is 7.31. The molecule has 7 nitrogen and oxygen atoms in total. The van der Waals surface area contributed by atoms with Crippen LogP contribution in [0, 0.1) is 5.41 Å². The predicted molar refractivity (Wildman–Crippen MR) is 140 cm³/mol. The van der Waals surface area contributed by atoms with Crippen LogP contribution in [0.5, 0.6) is 0 Å². The van der Waals surface area contributed by atoms with Crippen LogP contribution in [0.2, 0.25) is 0 Å². The Morgan fingerprint density at radius 2 is 1.78 bits per heavy atom. The molecule has 1 aromatic rings. The molecule has 0 atom stereocenters. The number of benzene rings is 1. The number of ether oxygens (including phenoxy) is 1. The molecule has 1 amide bonds. The fourth-order valence-corrected chi connectivity index (χ4v) is 4.62. The second-order valence-electron chi connectivity index (χ2n) is 8.89. The van der Waals surface area contributed by atoms with Crippen LogP contribution in [-0.4, -0.2) is 75.2 Å². The zero-order valence-corrected chi connectivity index (χ0v) is 22.2. The number of nitrogens with one attached hydrogen (secondary N) is 2. The summed E-state index contributed by atoms with van der Waals surface area (Å²) in [4.78, 5) is 21.9. The van der Waals surface area contributed by atoms with Gasteiger partial charge in [-0.3, -0.25) is 9.69 Å². The summed E-state index contributed by atoms with van der Waals surface area (Å²) in [6, 6.07) is 8.54. The number of rotatable bonds is 8. The van der Waals surface area contributed by atoms with E-state index in [-0.39, 0.29) is 35.3 Å². The SMILES string of the molecule is CCNC(=NCc1ccccc1CN1CCOCC1)NCC1(C(=O)N(C)C)CCCC1.I. The molecule has 0 unspecified atom stereocenters. The molecule has 3 rings (SSSR count). The lowest BCUT2D eigenvalue weighted by Crippen LogP contribution is -2.49. The Kier molecular flexibility index (Phi) is 11.2. The van der Waals surface area contributed by atoms with Crippen LogP contribution in [0.1, 0.15) is 43.7 Å². The van der Waals surface area contributed by atoms with E-state index in [0.717, 1.165) is 71.0 Å². The summed E-state index contributed by atoms with van der Waals surface area (Å²) < 4.78 is 5.48. The van der Waals surface area contributed by atoms with Gasteiger partial charge in [-0.25, -0.2) is 4.99 Å². The molecule has 180 valence electrons. The zero-order chi connectivity index (χ0) is 22.1. The fourth-order valence-electron chi connectivity index (χ4n) is 4.62. The molecule has 0 aromatic heterocycles. The molecule has 0 spiro atoms. The van der Waals surface area contributed by atoms with Crippen molar-refractivity contribution >= 4 is 35.8 Å². The molecule has 1 aliphatic carbocycles. The van der Waals surface area contributed by atoms with Crippen molar-refractivity contribution < 1.29 is 9.53 Å². The Labute approximate surface area is 210 Å². The Morgan fingerprint density at radius 3 is 2.41 bits per heavy atom. The minimum atomic E-state index is -0.312. The third-order valence-electron chi connectivity index (χ3n) is 6.38. The van der Waals surface area contributed by atoms with Crippen molar-refractivity contribution in [1.29, 1.82) is 0 Å². The number of guanidine groups is 1. The van der Waals surface area contributed by atoms with Crippen LogP contribution in [-0.2, 0) is 22.6 Å². The molecule has 1 saturated carbocycles. The van der Waals surface area contributed by atoms with E-state index in [9.17, 15) is 4.79 Å². The molecule has 1 saturated heterocycles. The number of carbonyl (C=O) groups excluding carboxylic acids is 1. The maximum atomic E-state index is 12.9. The molecule has 0 bridgehead atoms. The lowest BCUT2D eigenvalue weighted by atomic mass is 9.84. The summed E-state index contributed by atoms with van der Waals surface area (Å²) in [5, 5.41) is 6.82. The highest BCUT2D eigenvalue weighted by atomic mass is 127. The summed E-state index contributed by atoms with van der Waals surface area (Å²) in [5.74, 6) is 1.01. The van der Waals surface area contributed by atoms with Crippen LogP contribution in [0.4, 0.5) is 0 Å². The Morgan fingerprint density at radius 1 is 1.12 bits per heavy atom. The van der Waals surface area contributed by atoms with Gasteiger partial charge in [-0.1, -0.05) is 37.1 Å². The second kappa shape index (κ2) is 13.3. The van der Waals surface area contributed by atoms with E-state index < -0.39 is 0 Å². The summed E-state index contributed by atoms with van der Waals surface area (Å²) in [7, 11) is 3.71. The lowest BCUT2D eigenvalue weighted by Gasteiger charge is -2.31. The van der Waals surface area contributed by atoms with E-state index >= 15 is 0 Å². The average Bonchev–Trinajstić information content (AvgIpc) is 3.27. The van der Waals surface area contributed by atoms with Crippen molar-refractivity contribution in [1.82, 2.24) is 20.4 Å². The highest BCUT2D eigenvalue weighted by Gasteiger charge is 2.42. The van der Waals surface area contributed by atoms with Gasteiger partial charge in [-0.05, 0) is 30.9 Å². The quantitative estimate of drug-likeness (QED) is 0.293. The van der Waals surface area contributed by atoms with Gasteiger partial charge in [0.1, 0.15) is 0 Å². The van der Waals surface area contributed by atoms with Crippen molar-refractivity contribution in [3.8, 4) is 0 Å². The number of aliphatic imine (C=N–C) groups is 1. The number of morpholine rings is 1. The first-order valence-corrected chi connectivity index (χ1v) is 11.6. The van der Waals surface area contributed by atoms with E-state index in [1.807, 2.05) is 14.1 Å². The zero-order valence-electron chi connectivity index (χ0n) is 19.9. The van der Waals surface area contributed by atoms with Crippen LogP contribution in [0.25, 0.3) is 0 Å². The molecule has 2 fully saturated rings. The summed E-state index contributed by atoms with van der Waals surface area (Å²) in [5.41, 5.74) is 2.25. The van der Waals surface area contributed by atoms with Gasteiger partial charge in [0, 0.05) is 46.8 Å². The van der Waals surface area contributed by atoms with Crippen molar-refractivity contribution in [2.45, 2.75) is 45.7 Å². The summed E-state index contributed by atoms with van der Waals surface area (Å²) in [6.45, 7) is 8.60. The molecule has 1 aliphatic heterocycles. The van der Waals surface area contributed by atoms with Gasteiger partial charge in [0.25, 0.3) is 0 Å². The predicted octanol–water partition coefficient (Wildman–Crippen LogP) is 2.84. The van der Waals surface area contributed by atoms with Crippen LogP contribution in [0.15, 0.2) is 29.3 Å². The maximum Gasteiger partial charge on any atom is 0.230 e. The van der Waals surface area contributed by atoms with Gasteiger partial charge < -0.3 is 20.3 Å². The number of halogens is 1. The average molecular weight is 558 g/mol. The second-order valence-corrected chi connectivity index (χ2v) is 8.89. The number of hydrogen-bond donors (Lipinski definition) is 2. The topological polar surface area (TPSA) is 69.2 Å². The van der Waals surface area contributed by atoms with Gasteiger partial charge in [-0.15, -0.1) is 24.0 Å². The monoisotopic (exact) mass is 557 g/mol. The minimum absolute atomic E-state index is 0. The molecule has 2 N–H and O–H groups in total. The van der Waals surface area contributed by atoms with Gasteiger partial charge in [0.2, 0.25) is 5.91 Å². The maximum absolute atomic E-state index is 12.9. The lowest BCUT2D eigenvalue weighted by molar-refractivity contribution is -0.138. The van der Waals surface area contributed by atoms with Crippen molar-refractivity contribution in [2.24, 2.45) is 10.4 Å². The Balaban J connectivity index is 0.00000363. The summed E-state index contributed by atoms with van der Waals surface area (Å²) >= 11 is 0. The first kappa shape index (κ1) is 26.9. The van der Waals surface area contributed by atoms with Crippen LogP contribution in [0.3, 0.4) is 0 Å². The highest BCUT2D eigenvalue weighted by molar-refractivity contribution is 14.0. The molecule has 1 aromatic carbocycles. The molecule has 1 heterocycles. The van der Waals surface area contributed by atoms with E-state index in [2.05, 4.69) is 46.7 Å². The number of amides is 1. The van der Waals surface area contributed by atoms with Crippen LogP contribution < -0.4 is 10.6 Å². The molecular formula is C24H40IN5O2. The van der Waals surface area contributed by atoms with Gasteiger partial charge >= 0.3 is 0 Å². The molecular weight excluding hydrogens is 517 g/mol. The third-order valence-corrected chi connectivity index (χ3v) is 6.38. The van der Waals surface area contributed by atoms with E-state index in [0.29, 0.717) is 13.1 Å². The number of hydrogen-bond acceptors (Lipinski definition) is 4. The smallest absolute Gasteiger partial charge is 0.230 e. The van der Waals surface area contributed by atoms with E-state index in [4.69, 9.17) is 9.73 Å². The highest BCUT2D eigenvalue weighted by Crippen LogP contribution is 2.38. The first-order chi connectivity index (χ1) is 15.0. The molecule has 8 heteroatoms. The molecule has 2 aliphatic rings. The Hall–Kier alpha value is -1.39. The fraction of sp³-hybridized carbons (Fsp3) is 0.667. The summed E-state index contributed by atoms with van der Waals surface area (Å²) in [6.07, 6.45) is 4.12. The Bertz CT molecular complexity index is 744. The van der Waals surface area contributed by atoms with Crippen LogP contribution >= 0.6 is 24.0 Å². The molecule has 32 heavy (non-hydrogen) atoms. The number of nitrogens with zero attached hydrogens (tertiary/aromatic N) is 3. The minimum Gasteiger partial charge on any atom is -0.379 e. The van der Waals surface area contributed by atoms with Crippen molar-refractivity contribution in [3.05, 3.63) is 35.4 Å². The van der Waals surface area contributed by atoms with Gasteiger partial charge in [0.05, 0.1) is 25.2 Å². The van der Waals surface area contributed by atoms with Crippen molar-refractivity contribution in [3.63, 3.8) is 0 Å². The normalized spacial score (nSPS) is 18.7. The standard InChI is InChI=1S/C24H39N5O2.HI/c1-4-25-23(27-19-24(11-7-8-12-24)22(30)28(2)3)26-17-20-9-5-6-10-21(20)18-29-13-15-31-16-14-29;/h5-6,9-10H,4,7-8,11-19H2,1-3H3,(H2,25,26,27);1H. The van der Waals surface area contributed by atoms with Gasteiger partial charge in [-0.2, -0.15) is 0 Å².